The van der Waals surface area contributed by atoms with Crippen molar-refractivity contribution in [2.75, 3.05) is 6.54 Å². The van der Waals surface area contributed by atoms with Gasteiger partial charge < -0.3 is 20.0 Å². The van der Waals surface area contributed by atoms with E-state index in [0.29, 0.717) is 0 Å². The predicted octanol–water partition coefficient (Wildman–Crippen LogP) is -1.30. The van der Waals surface area contributed by atoms with Gasteiger partial charge in [0.2, 0.25) is 0 Å². The van der Waals surface area contributed by atoms with Crippen LogP contribution in [0.25, 0.3) is 0 Å². The van der Waals surface area contributed by atoms with Gasteiger partial charge in [-0.25, -0.2) is 9.13 Å². The van der Waals surface area contributed by atoms with Crippen molar-refractivity contribution in [3.63, 3.8) is 0 Å². The fraction of sp³-hybridized carbons (Fsp3) is 0.500. The van der Waals surface area contributed by atoms with Crippen LogP contribution >= 0.6 is 15.6 Å². The van der Waals surface area contributed by atoms with Crippen LogP contribution < -0.4 is 5.73 Å². The van der Waals surface area contributed by atoms with Gasteiger partial charge in [-0.1, -0.05) is 0 Å². The molecule has 0 rings (SSSR count). The zero-order valence-electron chi connectivity index (χ0n) is 6.06. The summed E-state index contributed by atoms with van der Waals surface area (Å²) >= 11 is 0. The highest BCUT2D eigenvalue weighted by Gasteiger charge is 2.35. The lowest BCUT2D eigenvalue weighted by Gasteiger charge is -2.10. The normalized spacial score (nSPS) is 16.3. The van der Waals surface area contributed by atoms with Crippen LogP contribution in [-0.2, 0) is 22.8 Å². The first-order valence-corrected chi connectivity index (χ1v) is 5.71. The van der Waals surface area contributed by atoms with Crippen LogP contribution in [0.2, 0.25) is 0 Å². The van der Waals surface area contributed by atoms with Crippen LogP contribution in [0, 0.1) is 0 Å². The maximum absolute atomic E-state index is 10.5. The minimum atomic E-state index is -5.19. The van der Waals surface area contributed by atoms with Crippen LogP contribution in [0.15, 0.2) is 0 Å². The Morgan fingerprint density at radius 3 is 2.08 bits per heavy atom. The maximum atomic E-state index is 10.5. The van der Waals surface area contributed by atoms with Gasteiger partial charge in [0.1, 0.15) is 0 Å². The lowest BCUT2D eigenvalue weighted by molar-refractivity contribution is -0.133. The van der Waals surface area contributed by atoms with Crippen LogP contribution in [-0.4, -0.2) is 27.2 Å². The lowest BCUT2D eigenvalue weighted by atomic mass is 10.7. The molecule has 0 bridgehead atoms. The molecule has 1 unspecified atom stereocenters. The summed E-state index contributed by atoms with van der Waals surface area (Å²) in [6, 6.07) is 0. The van der Waals surface area contributed by atoms with Crippen molar-refractivity contribution in [1.29, 1.82) is 0 Å². The van der Waals surface area contributed by atoms with Gasteiger partial charge in [-0.2, -0.15) is 4.31 Å². The minimum absolute atomic E-state index is 0.713. The molecule has 0 aliphatic heterocycles. The molecule has 0 aliphatic rings. The molecule has 1 atom stereocenters. The fourth-order valence-corrected chi connectivity index (χ4v) is 1.86. The third-order valence-corrected chi connectivity index (χ3v) is 2.70. The van der Waals surface area contributed by atoms with E-state index >= 15 is 0 Å². The summed E-state index contributed by atoms with van der Waals surface area (Å²) in [4.78, 5) is 34.9. The molecule has 0 heterocycles. The smallest absolute Gasteiger partial charge is 0.369 e. The van der Waals surface area contributed by atoms with E-state index in [9.17, 15) is 13.9 Å². The van der Waals surface area contributed by atoms with E-state index < -0.39 is 28.2 Å². The molecule has 0 saturated heterocycles. The summed E-state index contributed by atoms with van der Waals surface area (Å²) in [6.07, 6.45) is 0. The molecule has 0 radical (unpaired) electrons. The van der Waals surface area contributed by atoms with E-state index in [1.54, 1.807) is 0 Å². The van der Waals surface area contributed by atoms with Crippen LogP contribution in [0.3, 0.4) is 0 Å². The Kier molecular flexibility index (Phi) is 4.21. The van der Waals surface area contributed by atoms with Crippen molar-refractivity contribution in [2.45, 2.75) is 0 Å². The van der Waals surface area contributed by atoms with Crippen molar-refractivity contribution >= 4 is 21.6 Å². The van der Waals surface area contributed by atoms with Gasteiger partial charge in [0, 0.05) is 0 Å². The molecule has 5 N–H and O–H groups in total. The highest BCUT2D eigenvalue weighted by atomic mass is 31.3. The third kappa shape index (κ3) is 6.85. The second-order valence-electron chi connectivity index (χ2n) is 1.71. The van der Waals surface area contributed by atoms with E-state index in [1.807, 2.05) is 0 Å². The van der Waals surface area contributed by atoms with Crippen molar-refractivity contribution in [3.8, 4) is 0 Å². The monoisotopic (exact) mass is 235 g/mol. The molecular formula is C2H7NO8P2. The van der Waals surface area contributed by atoms with E-state index in [1.165, 1.54) is 0 Å². The second-order valence-corrected chi connectivity index (χ2v) is 4.46. The highest BCUT2D eigenvalue weighted by Crippen LogP contribution is 2.57. The highest BCUT2D eigenvalue weighted by molar-refractivity contribution is 7.61. The van der Waals surface area contributed by atoms with Gasteiger partial charge >= 0.3 is 21.6 Å². The summed E-state index contributed by atoms with van der Waals surface area (Å²) in [7, 11) is -10.3. The standard InChI is InChI=1S/C2H7NO8P2/c3-1-2(4)10-13(8,9)11-12(5,6)7/h1,3H2,(H,8,9)(H2,5,6,7). The van der Waals surface area contributed by atoms with Crippen LogP contribution in [0.5, 0.6) is 0 Å². The van der Waals surface area contributed by atoms with Crippen molar-refractivity contribution in [2.24, 2.45) is 5.73 Å². The van der Waals surface area contributed by atoms with Gasteiger partial charge in [-0.15, -0.1) is 0 Å². The summed E-state index contributed by atoms with van der Waals surface area (Å²) in [5, 5.41) is 0. The molecular weight excluding hydrogens is 228 g/mol. The van der Waals surface area contributed by atoms with Gasteiger partial charge in [-0.3, -0.25) is 9.69 Å². The number of hydrogen-bond acceptors (Lipinski definition) is 6. The van der Waals surface area contributed by atoms with Crippen molar-refractivity contribution < 1.29 is 37.4 Å². The molecule has 0 aliphatic carbocycles. The average Bonchev–Trinajstić information content (AvgIpc) is 1.80. The number of carbonyl (C=O) groups excluding carboxylic acids is 1. The molecule has 0 fully saturated rings. The van der Waals surface area contributed by atoms with Crippen LogP contribution in [0.1, 0.15) is 0 Å². The first-order chi connectivity index (χ1) is 5.66. The Morgan fingerprint density at radius 1 is 1.31 bits per heavy atom. The number of carbonyl (C=O) groups is 1. The molecule has 0 spiro atoms. The van der Waals surface area contributed by atoms with Crippen molar-refractivity contribution in [1.82, 2.24) is 0 Å². The Balaban J connectivity index is 4.34. The first-order valence-electron chi connectivity index (χ1n) is 2.68. The molecule has 13 heavy (non-hydrogen) atoms. The summed E-state index contributed by atoms with van der Waals surface area (Å²) in [5.41, 5.74) is 4.69. The molecule has 0 saturated carbocycles. The van der Waals surface area contributed by atoms with E-state index in [4.69, 9.17) is 14.7 Å². The molecule has 11 heteroatoms. The third-order valence-electron chi connectivity index (χ3n) is 0.593. The minimum Gasteiger partial charge on any atom is -0.369 e. The summed E-state index contributed by atoms with van der Waals surface area (Å²) < 4.78 is 27.4. The Bertz CT molecular complexity index is 280. The number of phosphoric acid groups is 2. The van der Waals surface area contributed by atoms with Gasteiger partial charge in [0.25, 0.3) is 0 Å². The first kappa shape index (κ1) is 12.7. The lowest BCUT2D eigenvalue weighted by Crippen LogP contribution is -2.15. The maximum Gasteiger partial charge on any atom is 0.538 e. The average molecular weight is 235 g/mol. The molecule has 0 aromatic heterocycles. The molecule has 0 aromatic rings. The number of rotatable bonds is 4. The number of hydrogen-bond donors (Lipinski definition) is 4. The molecule has 0 amide bonds. The topological polar surface area (TPSA) is 156 Å². The zero-order valence-corrected chi connectivity index (χ0v) is 7.85. The van der Waals surface area contributed by atoms with Gasteiger partial charge in [0.05, 0.1) is 6.54 Å². The Hall–Kier alpha value is -0.270. The largest absolute Gasteiger partial charge is 0.538 e. The van der Waals surface area contributed by atoms with Crippen molar-refractivity contribution in [3.05, 3.63) is 0 Å². The quantitative estimate of drug-likeness (QED) is 0.434. The van der Waals surface area contributed by atoms with Gasteiger partial charge in [-0.05, 0) is 0 Å². The predicted molar refractivity (Wildman–Crippen MR) is 38.1 cm³/mol. The molecule has 78 valence electrons. The SMILES string of the molecule is NCC(=O)OP(=O)(O)OP(=O)(O)O. The van der Waals surface area contributed by atoms with E-state index in [0.717, 1.165) is 0 Å². The zero-order chi connectivity index (χ0) is 10.7. The number of nitrogens with two attached hydrogens (primary N) is 1. The molecule has 0 aromatic carbocycles. The van der Waals surface area contributed by atoms with Gasteiger partial charge in [0.15, 0.2) is 0 Å². The Labute approximate surface area is 72.3 Å². The van der Waals surface area contributed by atoms with E-state index in [-0.39, 0.29) is 0 Å². The second kappa shape index (κ2) is 4.30. The summed E-state index contributed by atoms with van der Waals surface area (Å²) in [5.74, 6) is -1.32. The Morgan fingerprint density at radius 2 is 1.77 bits per heavy atom. The molecule has 9 nitrogen and oxygen atoms in total. The number of phosphoric ester groups is 1. The van der Waals surface area contributed by atoms with Crippen LogP contribution in [0.4, 0.5) is 0 Å². The summed E-state index contributed by atoms with van der Waals surface area (Å²) in [6.45, 7) is -0.713. The van der Waals surface area contributed by atoms with E-state index in [2.05, 4.69) is 14.6 Å². The fourth-order valence-electron chi connectivity index (χ4n) is 0.317.